The zero-order valence-corrected chi connectivity index (χ0v) is 14.4. The fourth-order valence-corrected chi connectivity index (χ4v) is 3.48. The van der Waals surface area contributed by atoms with Crippen molar-refractivity contribution in [2.45, 2.75) is 16.8 Å². The Bertz CT molecular complexity index is 873. The van der Waals surface area contributed by atoms with Crippen LogP contribution in [0.5, 0.6) is 0 Å². The molecule has 5 nitrogen and oxygen atoms in total. The fourth-order valence-electron chi connectivity index (χ4n) is 2.22. The lowest BCUT2D eigenvalue weighted by Crippen LogP contribution is -2.38. The topological polar surface area (TPSA) is 67.6 Å². The zero-order chi connectivity index (χ0) is 19.4. The molecule has 26 heavy (non-hydrogen) atoms. The van der Waals surface area contributed by atoms with Crippen LogP contribution >= 0.6 is 0 Å². The smallest absolute Gasteiger partial charge is 0.406 e. The number of hydrogen-bond acceptors (Lipinski definition) is 4. The lowest BCUT2D eigenvalue weighted by atomic mass is 10.3. The highest BCUT2D eigenvalue weighted by Crippen LogP contribution is 2.21. The summed E-state index contributed by atoms with van der Waals surface area (Å²) in [6.07, 6.45) is -3.42. The van der Waals surface area contributed by atoms with Crippen molar-refractivity contribution in [1.82, 2.24) is 4.90 Å². The Morgan fingerprint density at radius 3 is 2.38 bits per heavy atom. The number of nitrogens with zero attached hydrogens (tertiary/aromatic N) is 1. The molecular weight excluding hydrogens is 371 g/mol. The summed E-state index contributed by atoms with van der Waals surface area (Å²) in [5.41, 5.74) is 0. The van der Waals surface area contributed by atoms with Crippen LogP contribution in [0, 0.1) is 0 Å². The third-order valence-corrected chi connectivity index (χ3v) is 4.97. The van der Waals surface area contributed by atoms with E-state index in [-0.39, 0.29) is 23.0 Å². The molecule has 0 saturated carbocycles. The second-order valence-electron chi connectivity index (χ2n) is 5.43. The first-order valence-corrected chi connectivity index (χ1v) is 9.11. The Kier molecular flexibility index (Phi) is 5.91. The van der Waals surface area contributed by atoms with E-state index >= 15 is 0 Å². The average Bonchev–Trinajstić information content (AvgIpc) is 3.01. The molecule has 0 bridgehead atoms. The molecule has 1 aromatic heterocycles. The minimum Gasteiger partial charge on any atom is -0.455 e. The van der Waals surface area contributed by atoms with Gasteiger partial charge >= 0.3 is 6.18 Å². The first-order chi connectivity index (χ1) is 12.1. The van der Waals surface area contributed by atoms with Gasteiger partial charge in [-0.15, -0.1) is 6.58 Å². The van der Waals surface area contributed by atoms with Crippen molar-refractivity contribution in [1.29, 1.82) is 0 Å². The van der Waals surface area contributed by atoms with Gasteiger partial charge in [0.2, 0.25) is 0 Å². The molecule has 1 aromatic carbocycles. The number of benzene rings is 1. The van der Waals surface area contributed by atoms with E-state index in [1.54, 1.807) is 18.2 Å². The molecule has 0 N–H and O–H groups in total. The molecule has 0 aliphatic heterocycles. The van der Waals surface area contributed by atoms with Gasteiger partial charge in [-0.3, -0.25) is 4.79 Å². The summed E-state index contributed by atoms with van der Waals surface area (Å²) in [5, 5.41) is 0. The predicted molar refractivity (Wildman–Crippen MR) is 88.2 cm³/mol. The molecule has 0 radical (unpaired) electrons. The summed E-state index contributed by atoms with van der Waals surface area (Å²) in [6, 6.07) is 10.0. The van der Waals surface area contributed by atoms with E-state index in [0.717, 1.165) is 12.1 Å². The summed E-state index contributed by atoms with van der Waals surface area (Å²) < 4.78 is 67.5. The van der Waals surface area contributed by atoms with E-state index in [1.165, 1.54) is 18.2 Å². The van der Waals surface area contributed by atoms with Gasteiger partial charge < -0.3 is 9.32 Å². The SMILES string of the molecule is C=CCN(CC(F)(F)F)C(=O)c1ccc(CS(=O)(=O)c2ccccc2)o1. The summed E-state index contributed by atoms with van der Waals surface area (Å²) in [4.78, 5) is 12.8. The van der Waals surface area contributed by atoms with Gasteiger partial charge in [-0.1, -0.05) is 24.3 Å². The molecule has 0 aliphatic rings. The molecule has 0 fully saturated rings. The maximum absolute atomic E-state index is 12.6. The van der Waals surface area contributed by atoms with Crippen molar-refractivity contribution < 1.29 is 30.8 Å². The Hall–Kier alpha value is -2.55. The lowest BCUT2D eigenvalue weighted by Gasteiger charge is -2.21. The molecule has 9 heteroatoms. The third kappa shape index (κ3) is 5.22. The van der Waals surface area contributed by atoms with Gasteiger partial charge in [0.15, 0.2) is 15.6 Å². The monoisotopic (exact) mass is 387 g/mol. The molecule has 0 atom stereocenters. The summed E-state index contributed by atoms with van der Waals surface area (Å²) >= 11 is 0. The van der Waals surface area contributed by atoms with Crippen molar-refractivity contribution in [2.24, 2.45) is 0 Å². The minimum absolute atomic E-state index is 0.0391. The largest absolute Gasteiger partial charge is 0.455 e. The minimum atomic E-state index is -4.58. The number of amides is 1. The highest BCUT2D eigenvalue weighted by atomic mass is 32.2. The molecule has 0 unspecified atom stereocenters. The Morgan fingerprint density at radius 1 is 1.15 bits per heavy atom. The normalized spacial score (nSPS) is 12.0. The number of alkyl halides is 3. The van der Waals surface area contributed by atoms with Crippen molar-refractivity contribution in [2.75, 3.05) is 13.1 Å². The molecular formula is C17H16F3NO4S. The zero-order valence-electron chi connectivity index (χ0n) is 13.6. The Balaban J connectivity index is 2.18. The maximum Gasteiger partial charge on any atom is 0.406 e. The van der Waals surface area contributed by atoms with Crippen LogP contribution in [0.4, 0.5) is 13.2 Å². The second kappa shape index (κ2) is 7.77. The predicted octanol–water partition coefficient (Wildman–Crippen LogP) is 3.44. The van der Waals surface area contributed by atoms with Crippen LogP contribution in [0.15, 0.2) is 64.4 Å². The van der Waals surface area contributed by atoms with E-state index in [1.807, 2.05) is 0 Å². The lowest BCUT2D eigenvalue weighted by molar-refractivity contribution is -0.139. The standard InChI is InChI=1S/C17H16F3NO4S/c1-2-10-21(12-17(18,19)20)16(22)15-9-8-13(25-15)11-26(23,24)14-6-4-3-5-7-14/h2-9H,1,10-12H2. The number of rotatable bonds is 7. The van der Waals surface area contributed by atoms with Crippen LogP contribution in [0.3, 0.4) is 0 Å². The van der Waals surface area contributed by atoms with Gasteiger partial charge in [0.05, 0.1) is 4.90 Å². The van der Waals surface area contributed by atoms with E-state index < -0.39 is 34.2 Å². The number of halogens is 3. The van der Waals surface area contributed by atoms with Gasteiger partial charge in [-0.05, 0) is 24.3 Å². The molecule has 1 heterocycles. The fraction of sp³-hybridized carbons (Fsp3) is 0.235. The number of hydrogen-bond donors (Lipinski definition) is 0. The van der Waals surface area contributed by atoms with Gasteiger partial charge in [-0.2, -0.15) is 13.2 Å². The number of carbonyl (C=O) groups excluding carboxylic acids is 1. The number of sulfone groups is 1. The van der Waals surface area contributed by atoms with E-state index in [2.05, 4.69) is 6.58 Å². The maximum atomic E-state index is 12.6. The number of furan rings is 1. The molecule has 2 rings (SSSR count). The first-order valence-electron chi connectivity index (χ1n) is 7.46. The van der Waals surface area contributed by atoms with Crippen molar-refractivity contribution in [3.05, 3.63) is 66.6 Å². The highest BCUT2D eigenvalue weighted by molar-refractivity contribution is 7.90. The van der Waals surface area contributed by atoms with Gasteiger partial charge in [0.25, 0.3) is 5.91 Å². The Morgan fingerprint density at radius 2 is 1.81 bits per heavy atom. The number of carbonyl (C=O) groups is 1. The van der Waals surface area contributed by atoms with Gasteiger partial charge in [0.1, 0.15) is 18.1 Å². The second-order valence-corrected chi connectivity index (χ2v) is 7.42. The molecule has 140 valence electrons. The summed E-state index contributed by atoms with van der Waals surface area (Å²) in [7, 11) is -3.70. The molecule has 0 spiro atoms. The molecule has 0 aliphatic carbocycles. The summed E-state index contributed by atoms with van der Waals surface area (Å²) in [6.45, 7) is 1.54. The summed E-state index contributed by atoms with van der Waals surface area (Å²) in [5.74, 6) is -1.91. The average molecular weight is 387 g/mol. The van der Waals surface area contributed by atoms with Crippen LogP contribution in [-0.2, 0) is 15.6 Å². The van der Waals surface area contributed by atoms with Crippen LogP contribution in [0.1, 0.15) is 16.3 Å². The van der Waals surface area contributed by atoms with E-state index in [0.29, 0.717) is 4.90 Å². The van der Waals surface area contributed by atoms with E-state index in [9.17, 15) is 26.4 Å². The van der Waals surface area contributed by atoms with E-state index in [4.69, 9.17) is 4.42 Å². The van der Waals surface area contributed by atoms with Crippen molar-refractivity contribution in [3.8, 4) is 0 Å². The Labute approximate surface area is 148 Å². The molecule has 2 aromatic rings. The van der Waals surface area contributed by atoms with Gasteiger partial charge in [0, 0.05) is 6.54 Å². The van der Waals surface area contributed by atoms with Crippen LogP contribution < -0.4 is 0 Å². The highest BCUT2D eigenvalue weighted by Gasteiger charge is 2.33. The quantitative estimate of drug-likeness (QED) is 0.683. The molecule has 1 amide bonds. The van der Waals surface area contributed by atoms with Gasteiger partial charge in [-0.25, -0.2) is 8.42 Å². The third-order valence-electron chi connectivity index (χ3n) is 3.31. The van der Waals surface area contributed by atoms with Crippen molar-refractivity contribution in [3.63, 3.8) is 0 Å². The van der Waals surface area contributed by atoms with Crippen LogP contribution in [-0.4, -0.2) is 38.5 Å². The first kappa shape index (κ1) is 19.8. The van der Waals surface area contributed by atoms with Crippen molar-refractivity contribution >= 4 is 15.7 Å². The van der Waals surface area contributed by atoms with Crippen LogP contribution in [0.2, 0.25) is 0 Å². The van der Waals surface area contributed by atoms with Crippen LogP contribution in [0.25, 0.3) is 0 Å². The molecule has 0 saturated heterocycles.